The van der Waals surface area contributed by atoms with E-state index in [0.29, 0.717) is 5.69 Å². The number of methoxy groups -OCH3 is 1. The van der Waals surface area contributed by atoms with Crippen LogP contribution in [0.4, 0.5) is 8.78 Å². The van der Waals surface area contributed by atoms with E-state index in [1.165, 1.54) is 16.4 Å². The molecule has 29 heavy (non-hydrogen) atoms. The van der Waals surface area contributed by atoms with E-state index in [1.807, 2.05) is 13.8 Å². The SMILES string of the molecule is CC[C@H](C)Cn1c(-c2c(F)cc(OC)cc2F)c(Cl)nc(-n2ccc(C)n2)c1=O. The summed E-state index contributed by atoms with van der Waals surface area (Å²) in [5.74, 6) is -1.76. The summed E-state index contributed by atoms with van der Waals surface area (Å²) in [7, 11) is 1.31. The first kappa shape index (κ1) is 21.0. The topological polar surface area (TPSA) is 61.9 Å². The van der Waals surface area contributed by atoms with Crippen molar-refractivity contribution >= 4 is 11.6 Å². The van der Waals surface area contributed by atoms with Gasteiger partial charge >= 0.3 is 0 Å². The number of benzene rings is 1. The molecule has 0 amide bonds. The molecule has 2 heterocycles. The van der Waals surface area contributed by atoms with Crippen LogP contribution in [0.5, 0.6) is 5.75 Å². The molecule has 0 unspecified atom stereocenters. The lowest BCUT2D eigenvalue weighted by Gasteiger charge is -2.19. The lowest BCUT2D eigenvalue weighted by molar-refractivity contribution is 0.407. The number of hydrogen-bond acceptors (Lipinski definition) is 4. The standard InChI is InChI=1S/C20H21ClF2N4O2/c1-5-11(2)10-26-17(16-14(22)8-13(29-4)9-15(16)23)18(21)24-19(20(26)28)27-7-6-12(3)25-27/h6-9,11H,5,10H2,1-4H3/t11-/m0/s1. The van der Waals surface area contributed by atoms with Crippen LogP contribution in [-0.4, -0.2) is 26.4 Å². The minimum absolute atomic E-state index is 0.0206. The Morgan fingerprint density at radius 1 is 1.28 bits per heavy atom. The Balaban J connectivity index is 2.33. The maximum absolute atomic E-state index is 14.8. The number of ether oxygens (including phenoxy) is 1. The molecular weight excluding hydrogens is 402 g/mol. The van der Waals surface area contributed by atoms with E-state index in [9.17, 15) is 13.6 Å². The maximum atomic E-state index is 14.8. The third-order valence-corrected chi connectivity index (χ3v) is 4.99. The Labute approximate surface area is 171 Å². The van der Waals surface area contributed by atoms with Crippen molar-refractivity contribution in [2.24, 2.45) is 5.92 Å². The quantitative estimate of drug-likeness (QED) is 0.591. The highest BCUT2D eigenvalue weighted by Crippen LogP contribution is 2.33. The van der Waals surface area contributed by atoms with Gasteiger partial charge in [-0.3, -0.25) is 4.79 Å². The van der Waals surface area contributed by atoms with Gasteiger partial charge in [0.1, 0.15) is 17.4 Å². The number of hydrogen-bond donors (Lipinski definition) is 0. The molecule has 6 nitrogen and oxygen atoms in total. The van der Waals surface area contributed by atoms with E-state index in [0.717, 1.165) is 18.6 Å². The molecule has 0 bridgehead atoms. The second-order valence-electron chi connectivity index (χ2n) is 6.87. The third-order valence-electron chi connectivity index (χ3n) is 4.72. The molecule has 3 aromatic rings. The van der Waals surface area contributed by atoms with Gasteiger partial charge in [-0.2, -0.15) is 5.10 Å². The minimum Gasteiger partial charge on any atom is -0.497 e. The monoisotopic (exact) mass is 422 g/mol. The van der Waals surface area contributed by atoms with E-state index >= 15 is 0 Å². The summed E-state index contributed by atoms with van der Waals surface area (Å²) in [6.07, 6.45) is 2.34. The summed E-state index contributed by atoms with van der Waals surface area (Å²) in [5, 5.41) is 4.01. The van der Waals surface area contributed by atoms with Gasteiger partial charge in [0.25, 0.3) is 5.56 Å². The molecule has 2 aromatic heterocycles. The Morgan fingerprint density at radius 3 is 2.45 bits per heavy atom. The summed E-state index contributed by atoms with van der Waals surface area (Å²) >= 11 is 6.37. The molecule has 0 fully saturated rings. The fourth-order valence-electron chi connectivity index (χ4n) is 2.96. The highest BCUT2D eigenvalue weighted by Gasteiger charge is 2.25. The maximum Gasteiger partial charge on any atom is 0.296 e. The van der Waals surface area contributed by atoms with Crippen LogP contribution in [0.1, 0.15) is 26.0 Å². The normalized spacial score (nSPS) is 12.2. The molecule has 1 atom stereocenters. The van der Waals surface area contributed by atoms with Crippen molar-refractivity contribution in [3.63, 3.8) is 0 Å². The van der Waals surface area contributed by atoms with Crippen LogP contribution in [0.15, 0.2) is 29.2 Å². The molecule has 0 N–H and O–H groups in total. The number of aromatic nitrogens is 4. The van der Waals surface area contributed by atoms with Crippen molar-refractivity contribution in [1.29, 1.82) is 0 Å². The molecule has 154 valence electrons. The second kappa shape index (κ2) is 8.32. The molecule has 0 spiro atoms. The lowest BCUT2D eigenvalue weighted by Crippen LogP contribution is -2.30. The zero-order valence-corrected chi connectivity index (χ0v) is 17.3. The predicted molar refractivity (Wildman–Crippen MR) is 107 cm³/mol. The van der Waals surface area contributed by atoms with E-state index in [2.05, 4.69) is 10.1 Å². The van der Waals surface area contributed by atoms with Crippen LogP contribution in [0.2, 0.25) is 5.15 Å². The van der Waals surface area contributed by atoms with Crippen molar-refractivity contribution < 1.29 is 13.5 Å². The molecule has 1 aromatic carbocycles. The fourth-order valence-corrected chi connectivity index (χ4v) is 3.23. The smallest absolute Gasteiger partial charge is 0.296 e. The van der Waals surface area contributed by atoms with Crippen molar-refractivity contribution in [1.82, 2.24) is 19.3 Å². The first-order valence-electron chi connectivity index (χ1n) is 9.13. The number of halogens is 3. The molecular formula is C20H21ClF2N4O2. The zero-order chi connectivity index (χ0) is 21.3. The second-order valence-corrected chi connectivity index (χ2v) is 7.23. The lowest BCUT2D eigenvalue weighted by atomic mass is 10.1. The number of nitrogens with zero attached hydrogens (tertiary/aromatic N) is 4. The van der Waals surface area contributed by atoms with Gasteiger partial charge in [-0.15, -0.1) is 0 Å². The Hall–Kier alpha value is -2.74. The van der Waals surface area contributed by atoms with Gasteiger partial charge in [0.05, 0.1) is 24.1 Å². The first-order valence-corrected chi connectivity index (χ1v) is 9.51. The van der Waals surface area contributed by atoms with E-state index in [-0.39, 0.29) is 34.9 Å². The van der Waals surface area contributed by atoms with Crippen LogP contribution < -0.4 is 10.3 Å². The largest absolute Gasteiger partial charge is 0.497 e. The van der Waals surface area contributed by atoms with Crippen LogP contribution in [0.25, 0.3) is 17.1 Å². The molecule has 0 aliphatic rings. The van der Waals surface area contributed by atoms with Gasteiger partial charge < -0.3 is 9.30 Å². The summed E-state index contributed by atoms with van der Waals surface area (Å²) in [6.45, 7) is 5.88. The van der Waals surface area contributed by atoms with Gasteiger partial charge in [-0.05, 0) is 18.9 Å². The highest BCUT2D eigenvalue weighted by molar-refractivity contribution is 6.31. The van der Waals surface area contributed by atoms with Crippen LogP contribution in [0, 0.1) is 24.5 Å². The van der Waals surface area contributed by atoms with Gasteiger partial charge in [0, 0.05) is 24.9 Å². The first-order chi connectivity index (χ1) is 13.8. The number of aryl methyl sites for hydroxylation is 1. The average Bonchev–Trinajstić information content (AvgIpc) is 3.11. The third kappa shape index (κ3) is 4.03. The molecule has 0 saturated heterocycles. The fraction of sp³-hybridized carbons (Fsp3) is 0.350. The van der Waals surface area contributed by atoms with Gasteiger partial charge in [0.15, 0.2) is 5.15 Å². The van der Waals surface area contributed by atoms with Crippen molar-refractivity contribution in [3.05, 3.63) is 57.2 Å². The van der Waals surface area contributed by atoms with Crippen molar-refractivity contribution in [2.45, 2.75) is 33.7 Å². The molecule has 9 heteroatoms. The van der Waals surface area contributed by atoms with Gasteiger partial charge in [-0.25, -0.2) is 18.4 Å². The number of rotatable bonds is 6. The van der Waals surface area contributed by atoms with E-state index in [1.54, 1.807) is 19.2 Å². The molecule has 0 aliphatic heterocycles. The predicted octanol–water partition coefficient (Wildman–Crippen LogP) is 4.39. The highest BCUT2D eigenvalue weighted by atomic mass is 35.5. The van der Waals surface area contributed by atoms with Gasteiger partial charge in [-0.1, -0.05) is 31.9 Å². The Kier molecular flexibility index (Phi) is 6.02. The van der Waals surface area contributed by atoms with Crippen LogP contribution in [-0.2, 0) is 6.54 Å². The summed E-state index contributed by atoms with van der Waals surface area (Å²) in [4.78, 5) is 17.4. The van der Waals surface area contributed by atoms with E-state index in [4.69, 9.17) is 16.3 Å². The Morgan fingerprint density at radius 2 is 1.93 bits per heavy atom. The average molecular weight is 423 g/mol. The summed E-state index contributed by atoms with van der Waals surface area (Å²) < 4.78 is 37.0. The van der Waals surface area contributed by atoms with E-state index < -0.39 is 22.8 Å². The molecule has 3 rings (SSSR count). The van der Waals surface area contributed by atoms with Gasteiger partial charge in [0.2, 0.25) is 5.82 Å². The van der Waals surface area contributed by atoms with Crippen molar-refractivity contribution in [3.8, 4) is 22.8 Å². The Bertz CT molecular complexity index is 1090. The molecule has 0 radical (unpaired) electrons. The van der Waals surface area contributed by atoms with Crippen LogP contribution >= 0.6 is 11.6 Å². The summed E-state index contributed by atoms with van der Waals surface area (Å²) in [5.41, 5.74) is -0.385. The molecule has 0 saturated carbocycles. The van der Waals surface area contributed by atoms with Crippen LogP contribution in [0.3, 0.4) is 0 Å². The summed E-state index contributed by atoms with van der Waals surface area (Å²) in [6, 6.07) is 3.79. The minimum atomic E-state index is -0.898. The van der Waals surface area contributed by atoms with Crippen molar-refractivity contribution in [2.75, 3.05) is 7.11 Å². The molecule has 0 aliphatic carbocycles. The zero-order valence-electron chi connectivity index (χ0n) is 16.5.